The molecule has 0 saturated carbocycles. The lowest BCUT2D eigenvalue weighted by atomic mass is 10.1. The van der Waals surface area contributed by atoms with Crippen LogP contribution in [-0.2, 0) is 6.54 Å². The maximum Gasteiger partial charge on any atom is 0.256 e. The Morgan fingerprint density at radius 2 is 1.92 bits per heavy atom. The summed E-state index contributed by atoms with van der Waals surface area (Å²) in [6.45, 7) is 2.18. The molecule has 0 radical (unpaired) electrons. The zero-order chi connectivity index (χ0) is 18.0. The van der Waals surface area contributed by atoms with Gasteiger partial charge in [-0.1, -0.05) is 15.9 Å². The van der Waals surface area contributed by atoms with Crippen molar-refractivity contribution < 1.29 is 13.6 Å². The number of nitrogens with zero attached hydrogens (tertiary/aromatic N) is 3. The minimum absolute atomic E-state index is 0.0683. The Labute approximate surface area is 151 Å². The van der Waals surface area contributed by atoms with Crippen LogP contribution in [0.2, 0.25) is 0 Å². The number of rotatable bonds is 4. The van der Waals surface area contributed by atoms with Crippen LogP contribution in [0.5, 0.6) is 0 Å². The lowest BCUT2D eigenvalue weighted by molar-refractivity contribution is 0.0752. The van der Waals surface area contributed by atoms with Gasteiger partial charge in [0.25, 0.3) is 5.91 Å². The molecule has 0 spiro atoms. The number of fused-ring (bicyclic) bond motifs is 1. The van der Waals surface area contributed by atoms with Gasteiger partial charge in [-0.3, -0.25) is 14.8 Å². The van der Waals surface area contributed by atoms with Crippen LogP contribution < -0.4 is 0 Å². The van der Waals surface area contributed by atoms with Crippen LogP contribution in [0, 0.1) is 11.6 Å². The van der Waals surface area contributed by atoms with Crippen molar-refractivity contribution in [3.63, 3.8) is 0 Å². The first-order valence-electron chi connectivity index (χ1n) is 7.63. The summed E-state index contributed by atoms with van der Waals surface area (Å²) < 4.78 is 28.6. The Kier molecular flexibility index (Phi) is 5.03. The standard InChI is InChI=1S/C18H14BrF2N3O/c1-2-24(10-11-7-12(19)3-4-15(11)21)18(25)14-8-13(20)9-16-17(14)23-6-5-22-16/h3-9H,2,10H2,1H3. The molecule has 0 unspecified atom stereocenters. The topological polar surface area (TPSA) is 46.1 Å². The van der Waals surface area contributed by atoms with Gasteiger partial charge >= 0.3 is 0 Å². The third-order valence-corrected chi connectivity index (χ3v) is 4.30. The Hall–Kier alpha value is -2.41. The van der Waals surface area contributed by atoms with E-state index < -0.39 is 17.5 Å². The second kappa shape index (κ2) is 7.23. The van der Waals surface area contributed by atoms with E-state index in [1.807, 2.05) is 0 Å². The van der Waals surface area contributed by atoms with E-state index in [0.29, 0.717) is 23.1 Å². The first kappa shape index (κ1) is 17.4. The van der Waals surface area contributed by atoms with Crippen molar-refractivity contribution in [3.05, 3.63) is 70.0 Å². The highest BCUT2D eigenvalue weighted by Gasteiger charge is 2.20. The second-order valence-corrected chi connectivity index (χ2v) is 6.35. The minimum atomic E-state index is -0.568. The van der Waals surface area contributed by atoms with E-state index in [9.17, 15) is 13.6 Å². The fraction of sp³-hybridized carbons (Fsp3) is 0.167. The van der Waals surface area contributed by atoms with Crippen LogP contribution in [0.4, 0.5) is 8.78 Å². The van der Waals surface area contributed by atoms with Crippen LogP contribution in [0.15, 0.2) is 47.2 Å². The van der Waals surface area contributed by atoms with Gasteiger partial charge in [0.15, 0.2) is 0 Å². The zero-order valence-electron chi connectivity index (χ0n) is 13.3. The highest BCUT2D eigenvalue weighted by molar-refractivity contribution is 9.10. The van der Waals surface area contributed by atoms with Gasteiger partial charge in [0, 0.05) is 41.6 Å². The fourth-order valence-corrected chi connectivity index (χ4v) is 2.98. The average molecular weight is 406 g/mol. The Morgan fingerprint density at radius 3 is 2.68 bits per heavy atom. The van der Waals surface area contributed by atoms with Crippen molar-refractivity contribution in [2.75, 3.05) is 6.54 Å². The van der Waals surface area contributed by atoms with E-state index in [4.69, 9.17) is 0 Å². The summed E-state index contributed by atoms with van der Waals surface area (Å²) in [5.74, 6) is -1.40. The molecular weight excluding hydrogens is 392 g/mol. The summed E-state index contributed by atoms with van der Waals surface area (Å²) in [7, 11) is 0. The van der Waals surface area contributed by atoms with Crippen molar-refractivity contribution in [1.29, 1.82) is 0 Å². The fourth-order valence-electron chi connectivity index (χ4n) is 2.57. The summed E-state index contributed by atoms with van der Waals surface area (Å²) in [6, 6.07) is 6.91. The molecule has 0 N–H and O–H groups in total. The first-order valence-corrected chi connectivity index (χ1v) is 8.42. The second-order valence-electron chi connectivity index (χ2n) is 5.43. The van der Waals surface area contributed by atoms with E-state index in [1.54, 1.807) is 19.1 Å². The van der Waals surface area contributed by atoms with E-state index in [-0.39, 0.29) is 12.1 Å². The predicted octanol–water partition coefficient (Wildman–Crippen LogP) is 4.33. The molecule has 2 aromatic carbocycles. The highest BCUT2D eigenvalue weighted by atomic mass is 79.9. The Balaban J connectivity index is 1.99. The normalized spacial score (nSPS) is 10.9. The number of halogens is 3. The Morgan fingerprint density at radius 1 is 1.16 bits per heavy atom. The zero-order valence-corrected chi connectivity index (χ0v) is 14.9. The number of benzene rings is 2. The van der Waals surface area contributed by atoms with Gasteiger partial charge in [0.05, 0.1) is 11.1 Å². The summed E-state index contributed by atoms with van der Waals surface area (Å²) >= 11 is 3.29. The lowest BCUT2D eigenvalue weighted by Gasteiger charge is -2.22. The summed E-state index contributed by atoms with van der Waals surface area (Å²) in [5.41, 5.74) is 1.11. The molecule has 1 amide bonds. The monoisotopic (exact) mass is 405 g/mol. The van der Waals surface area contributed by atoms with Crippen LogP contribution in [-0.4, -0.2) is 27.3 Å². The van der Waals surface area contributed by atoms with E-state index >= 15 is 0 Å². The summed E-state index contributed by atoms with van der Waals surface area (Å²) in [5, 5.41) is 0. The van der Waals surface area contributed by atoms with Crippen LogP contribution in [0.3, 0.4) is 0 Å². The van der Waals surface area contributed by atoms with Gasteiger partial charge in [-0.2, -0.15) is 0 Å². The number of amides is 1. The lowest BCUT2D eigenvalue weighted by Crippen LogP contribution is -2.31. The molecule has 3 rings (SSSR count). The van der Waals surface area contributed by atoms with Gasteiger partial charge in [-0.25, -0.2) is 8.78 Å². The van der Waals surface area contributed by atoms with E-state index in [2.05, 4.69) is 25.9 Å². The number of carbonyl (C=O) groups excluding carboxylic acids is 1. The average Bonchev–Trinajstić information content (AvgIpc) is 2.61. The maximum atomic E-state index is 14.0. The molecule has 4 nitrogen and oxygen atoms in total. The third kappa shape index (κ3) is 3.66. The summed E-state index contributed by atoms with van der Waals surface area (Å²) in [4.78, 5) is 22.5. The SMILES string of the molecule is CCN(Cc1cc(Br)ccc1F)C(=O)c1cc(F)cc2nccnc12. The highest BCUT2D eigenvalue weighted by Crippen LogP contribution is 2.21. The molecule has 0 aliphatic carbocycles. The van der Waals surface area contributed by atoms with Gasteiger partial charge in [0.1, 0.15) is 17.2 Å². The molecule has 0 atom stereocenters. The van der Waals surface area contributed by atoms with Gasteiger partial charge in [0.2, 0.25) is 0 Å². The molecule has 0 saturated heterocycles. The molecule has 128 valence electrons. The van der Waals surface area contributed by atoms with Crippen molar-refractivity contribution in [1.82, 2.24) is 14.9 Å². The maximum absolute atomic E-state index is 14.0. The quantitative estimate of drug-likeness (QED) is 0.648. The van der Waals surface area contributed by atoms with Crippen LogP contribution >= 0.6 is 15.9 Å². The van der Waals surface area contributed by atoms with Crippen molar-refractivity contribution in [2.45, 2.75) is 13.5 Å². The first-order chi connectivity index (χ1) is 12.0. The molecule has 0 aliphatic heterocycles. The van der Waals surface area contributed by atoms with Crippen molar-refractivity contribution >= 4 is 32.9 Å². The van der Waals surface area contributed by atoms with Gasteiger partial charge in [-0.05, 0) is 31.2 Å². The van der Waals surface area contributed by atoms with E-state index in [1.165, 1.54) is 29.4 Å². The third-order valence-electron chi connectivity index (χ3n) is 3.81. The number of aromatic nitrogens is 2. The molecule has 0 aliphatic rings. The smallest absolute Gasteiger partial charge is 0.256 e. The van der Waals surface area contributed by atoms with Crippen molar-refractivity contribution in [3.8, 4) is 0 Å². The van der Waals surface area contributed by atoms with Gasteiger partial charge < -0.3 is 4.90 Å². The number of hydrogen-bond acceptors (Lipinski definition) is 3. The number of hydrogen-bond donors (Lipinski definition) is 0. The molecule has 0 bridgehead atoms. The molecule has 1 heterocycles. The van der Waals surface area contributed by atoms with Gasteiger partial charge in [-0.15, -0.1) is 0 Å². The van der Waals surface area contributed by atoms with Crippen molar-refractivity contribution in [2.24, 2.45) is 0 Å². The van der Waals surface area contributed by atoms with E-state index in [0.717, 1.165) is 10.5 Å². The van der Waals surface area contributed by atoms with Crippen LogP contribution in [0.25, 0.3) is 11.0 Å². The molecule has 3 aromatic rings. The van der Waals surface area contributed by atoms with Crippen LogP contribution in [0.1, 0.15) is 22.8 Å². The Bertz CT molecular complexity index is 949. The molecule has 1 aromatic heterocycles. The largest absolute Gasteiger partial charge is 0.334 e. The molecule has 0 fully saturated rings. The minimum Gasteiger partial charge on any atom is -0.334 e. The number of carbonyl (C=O) groups is 1. The molecular formula is C18H14BrF2N3O. The summed E-state index contributed by atoms with van der Waals surface area (Å²) in [6.07, 6.45) is 2.88. The predicted molar refractivity (Wildman–Crippen MR) is 94.0 cm³/mol. The molecule has 25 heavy (non-hydrogen) atoms. The molecule has 7 heteroatoms.